The van der Waals surface area contributed by atoms with Gasteiger partial charge in [-0.2, -0.15) is 17.6 Å². The van der Waals surface area contributed by atoms with E-state index in [9.17, 15) is 26.7 Å². The fraction of sp³-hybridized carbons (Fsp3) is 0.125. The Morgan fingerprint density at radius 2 is 1.76 bits per heavy atom. The van der Waals surface area contributed by atoms with Gasteiger partial charge in [-0.15, -0.1) is 0 Å². The average Bonchev–Trinajstić information content (AvgIpc) is 2.54. The molecule has 25 heavy (non-hydrogen) atoms. The summed E-state index contributed by atoms with van der Waals surface area (Å²) in [6.45, 7) is 0. The molecule has 2 aromatic carbocycles. The van der Waals surface area contributed by atoms with Gasteiger partial charge in [0.2, 0.25) is 5.89 Å². The van der Waals surface area contributed by atoms with Crippen LogP contribution in [0.25, 0.3) is 22.4 Å². The molecular formula is C16H8F5NO3. The van der Waals surface area contributed by atoms with E-state index in [2.05, 4.69) is 9.72 Å². The van der Waals surface area contributed by atoms with Crippen molar-refractivity contribution in [2.45, 2.75) is 12.5 Å². The summed E-state index contributed by atoms with van der Waals surface area (Å²) in [4.78, 5) is 15.9. The van der Waals surface area contributed by atoms with Gasteiger partial charge in [0.05, 0.1) is 5.52 Å². The number of hydrogen-bond acceptors (Lipinski definition) is 4. The monoisotopic (exact) mass is 357 g/mol. The Balaban J connectivity index is 1.93. The molecule has 130 valence electrons. The number of benzene rings is 2. The first-order valence-corrected chi connectivity index (χ1v) is 6.83. The van der Waals surface area contributed by atoms with Crippen LogP contribution in [0.1, 0.15) is 0 Å². The highest BCUT2D eigenvalue weighted by Gasteiger charge is 2.42. The summed E-state index contributed by atoms with van der Waals surface area (Å²) in [5.41, 5.74) is -0.662. The lowest BCUT2D eigenvalue weighted by atomic mass is 10.2. The normalized spacial score (nSPS) is 13.0. The van der Waals surface area contributed by atoms with Crippen LogP contribution < -0.4 is 10.4 Å². The van der Waals surface area contributed by atoms with E-state index in [0.717, 1.165) is 18.2 Å². The summed E-state index contributed by atoms with van der Waals surface area (Å²) in [6, 6.07) is 8.44. The average molecular weight is 357 g/mol. The number of nitrogens with zero attached hydrogens (tertiary/aromatic N) is 1. The van der Waals surface area contributed by atoms with E-state index in [1.807, 2.05) is 0 Å². The maximum absolute atomic E-state index is 13.6. The second-order valence-electron chi connectivity index (χ2n) is 4.94. The number of hydrogen-bond donors (Lipinski definition) is 0. The molecule has 0 fully saturated rings. The van der Waals surface area contributed by atoms with Crippen molar-refractivity contribution < 1.29 is 31.1 Å². The van der Waals surface area contributed by atoms with Gasteiger partial charge in [0.25, 0.3) is 0 Å². The predicted octanol–water partition coefficient (Wildman–Crippen LogP) is 4.23. The van der Waals surface area contributed by atoms with Crippen LogP contribution in [0.5, 0.6) is 5.75 Å². The molecule has 0 radical (unpaired) electrons. The van der Waals surface area contributed by atoms with Crippen LogP contribution in [0.4, 0.5) is 22.0 Å². The zero-order valence-electron chi connectivity index (χ0n) is 12.2. The molecule has 0 bridgehead atoms. The van der Waals surface area contributed by atoms with Crippen molar-refractivity contribution in [1.82, 2.24) is 4.98 Å². The number of rotatable bonds is 3. The Morgan fingerprint density at radius 1 is 1.08 bits per heavy atom. The lowest BCUT2D eigenvalue weighted by Crippen LogP contribution is -2.29. The third-order valence-corrected chi connectivity index (χ3v) is 3.21. The van der Waals surface area contributed by atoms with E-state index in [0.29, 0.717) is 0 Å². The second-order valence-corrected chi connectivity index (χ2v) is 4.94. The highest BCUT2D eigenvalue weighted by molar-refractivity contribution is 5.79. The molecule has 0 N–H and O–H groups in total. The fourth-order valence-electron chi connectivity index (χ4n) is 2.06. The van der Waals surface area contributed by atoms with E-state index >= 15 is 0 Å². The van der Waals surface area contributed by atoms with Gasteiger partial charge >= 0.3 is 18.2 Å². The van der Waals surface area contributed by atoms with E-state index in [1.54, 1.807) is 0 Å². The van der Waals surface area contributed by atoms with Crippen molar-refractivity contribution in [2.24, 2.45) is 0 Å². The predicted molar refractivity (Wildman–Crippen MR) is 77.3 cm³/mol. The molecule has 9 heteroatoms. The van der Waals surface area contributed by atoms with Crippen molar-refractivity contribution in [2.75, 3.05) is 0 Å². The van der Waals surface area contributed by atoms with Crippen LogP contribution in [0.15, 0.2) is 51.7 Å². The summed E-state index contributed by atoms with van der Waals surface area (Å²) in [6.07, 6.45) is -8.60. The van der Waals surface area contributed by atoms with Crippen molar-refractivity contribution in [3.05, 3.63) is 58.7 Å². The van der Waals surface area contributed by atoms with E-state index < -0.39 is 24.0 Å². The van der Waals surface area contributed by atoms with Crippen molar-refractivity contribution in [3.8, 4) is 17.2 Å². The minimum absolute atomic E-state index is 0.0625. The van der Waals surface area contributed by atoms with Gasteiger partial charge in [-0.25, -0.2) is 14.2 Å². The number of halogens is 5. The molecule has 3 aromatic rings. The minimum Gasteiger partial charge on any atom is -0.452 e. The Labute approximate surface area is 136 Å². The van der Waals surface area contributed by atoms with E-state index in [4.69, 9.17) is 4.42 Å². The molecule has 1 unspecified atom stereocenters. The van der Waals surface area contributed by atoms with E-state index in [1.165, 1.54) is 24.3 Å². The lowest BCUT2D eigenvalue weighted by Gasteiger charge is -2.14. The van der Waals surface area contributed by atoms with Gasteiger partial charge < -0.3 is 9.15 Å². The lowest BCUT2D eigenvalue weighted by molar-refractivity contribution is -0.236. The van der Waals surface area contributed by atoms with Crippen LogP contribution in [-0.4, -0.2) is 17.5 Å². The maximum atomic E-state index is 13.6. The maximum Gasteiger partial charge on any atom is 0.457 e. The first-order valence-electron chi connectivity index (χ1n) is 6.83. The molecule has 3 rings (SSSR count). The van der Waals surface area contributed by atoms with Crippen molar-refractivity contribution in [3.63, 3.8) is 0 Å². The Kier molecular flexibility index (Phi) is 4.15. The number of alkyl halides is 4. The molecule has 4 nitrogen and oxygen atoms in total. The molecule has 1 heterocycles. The summed E-state index contributed by atoms with van der Waals surface area (Å²) < 4.78 is 71.8. The molecule has 0 aliphatic carbocycles. The number of aromatic nitrogens is 1. The Bertz CT molecular complexity index is 966. The fourth-order valence-corrected chi connectivity index (χ4v) is 2.06. The molecule has 0 aliphatic rings. The van der Waals surface area contributed by atoms with E-state index in [-0.39, 0.29) is 28.1 Å². The summed E-state index contributed by atoms with van der Waals surface area (Å²) >= 11 is 0. The standard InChI is InChI=1S/C16H8F5NO3/c17-10-2-1-3-11-12(10)14(23)25-13(22-11)8-4-6-9(7-5-8)24-15(18)16(19,20)21/h1-7,15H. The summed E-state index contributed by atoms with van der Waals surface area (Å²) in [5.74, 6) is -1.32. The van der Waals surface area contributed by atoms with Crippen LogP contribution in [-0.2, 0) is 0 Å². The van der Waals surface area contributed by atoms with Crippen LogP contribution in [0, 0.1) is 5.82 Å². The second kappa shape index (κ2) is 6.15. The molecule has 0 saturated carbocycles. The molecular weight excluding hydrogens is 349 g/mol. The third-order valence-electron chi connectivity index (χ3n) is 3.21. The van der Waals surface area contributed by atoms with Gasteiger partial charge in [0.15, 0.2) is 0 Å². The first-order chi connectivity index (χ1) is 11.8. The molecule has 0 saturated heterocycles. The molecule has 0 aliphatic heterocycles. The Hall–Kier alpha value is -2.97. The van der Waals surface area contributed by atoms with Crippen molar-refractivity contribution >= 4 is 10.9 Å². The zero-order chi connectivity index (χ0) is 18.2. The molecule has 1 aromatic heterocycles. The third kappa shape index (κ3) is 3.44. The van der Waals surface area contributed by atoms with Crippen LogP contribution in [0.3, 0.4) is 0 Å². The number of fused-ring (bicyclic) bond motifs is 1. The highest BCUT2D eigenvalue weighted by atomic mass is 19.4. The Morgan fingerprint density at radius 3 is 2.40 bits per heavy atom. The van der Waals surface area contributed by atoms with Crippen molar-refractivity contribution in [1.29, 1.82) is 0 Å². The molecule has 1 atom stereocenters. The zero-order valence-corrected chi connectivity index (χ0v) is 12.2. The van der Waals surface area contributed by atoms with Crippen LogP contribution in [0.2, 0.25) is 0 Å². The molecule has 0 amide bonds. The largest absolute Gasteiger partial charge is 0.457 e. The van der Waals surface area contributed by atoms with Gasteiger partial charge in [-0.1, -0.05) is 6.07 Å². The molecule has 0 spiro atoms. The number of ether oxygens (including phenoxy) is 1. The smallest absolute Gasteiger partial charge is 0.452 e. The SMILES string of the molecule is O=c1oc(-c2ccc(OC(F)C(F)(F)F)cc2)nc2cccc(F)c12. The van der Waals surface area contributed by atoms with Gasteiger partial charge in [-0.05, 0) is 36.4 Å². The minimum atomic E-state index is -5.14. The highest BCUT2D eigenvalue weighted by Crippen LogP contribution is 2.28. The summed E-state index contributed by atoms with van der Waals surface area (Å²) in [5, 5.41) is -0.309. The van der Waals surface area contributed by atoms with Crippen LogP contribution >= 0.6 is 0 Å². The van der Waals surface area contributed by atoms with Gasteiger partial charge in [0, 0.05) is 5.56 Å². The quantitative estimate of drug-likeness (QED) is 0.659. The van der Waals surface area contributed by atoms with Gasteiger partial charge in [0.1, 0.15) is 17.0 Å². The van der Waals surface area contributed by atoms with Gasteiger partial charge in [-0.3, -0.25) is 0 Å². The summed E-state index contributed by atoms with van der Waals surface area (Å²) in [7, 11) is 0. The first kappa shape index (κ1) is 16.9. The topological polar surface area (TPSA) is 52.3 Å².